The number of nitrogens with zero attached hydrogens (tertiary/aromatic N) is 12. The molecule has 6 heterocycles. The Morgan fingerprint density at radius 1 is 0.140 bits per heavy atom. The molecule has 0 fully saturated rings. The summed E-state index contributed by atoms with van der Waals surface area (Å²) in [6, 6.07) is 168. The highest BCUT2D eigenvalue weighted by molar-refractivity contribution is 6.15. The minimum Gasteiger partial charge on any atom is -0.309 e. The lowest BCUT2D eigenvalue weighted by atomic mass is 9.82. The average Bonchev–Trinajstić information content (AvgIpc) is 1.55. The molecule has 30 rings (SSSR count). The summed E-state index contributed by atoms with van der Waals surface area (Å²) in [5.41, 5.74) is 34.9. The van der Waals surface area contributed by atoms with Gasteiger partial charge < -0.3 is 13.7 Å². The molecule has 708 valence electrons. The van der Waals surface area contributed by atoms with E-state index in [-0.39, 0.29) is 16.2 Å². The van der Waals surface area contributed by atoms with Crippen molar-refractivity contribution in [2.45, 2.75) is 57.8 Å². The van der Waals surface area contributed by atoms with Crippen LogP contribution in [0.2, 0.25) is 0 Å². The molecule has 3 aliphatic carbocycles. The van der Waals surface area contributed by atoms with Crippen LogP contribution in [0.5, 0.6) is 0 Å². The van der Waals surface area contributed by atoms with Gasteiger partial charge in [0, 0.05) is 116 Å². The SMILES string of the molecule is CC1(C)c2ccccc2-c2cc3c(cc21)c1ccccc1n3-c1cccc(-c2nc(-c3ccccc3)nc(-c3ccc4ccccc4c3)n2)c1.CC1(C)c2ccccc2-c2cc3c4ccccc4n(-c4ccc(-c5nc(-c6ccccc6)nc(-c6ccc7ccccc7c6)n5)cc4)c3cc21.CC1(C)c2ccccc2-c2cc3c4ccccc4n(-c4cccc(-c5nc(-c6ccccc6)nc(-c6ccc7ccccc7c6)n5)c4)c3cc21. The zero-order valence-corrected chi connectivity index (χ0v) is 83.4. The van der Waals surface area contributed by atoms with E-state index in [1.54, 1.807) is 0 Å². The fourth-order valence-corrected chi connectivity index (χ4v) is 23.7. The number of aromatic nitrogens is 12. The summed E-state index contributed by atoms with van der Waals surface area (Å²) in [5.74, 6) is 5.84. The van der Waals surface area contributed by atoms with Crippen LogP contribution in [0.15, 0.2) is 473 Å². The Hall–Kier alpha value is -19.2. The normalized spacial score (nSPS) is 13.2. The third-order valence-corrected chi connectivity index (χ3v) is 31.3. The number of hydrogen-bond donors (Lipinski definition) is 0. The number of para-hydroxylation sites is 3. The van der Waals surface area contributed by atoms with Gasteiger partial charge in [0.1, 0.15) is 0 Å². The second-order valence-corrected chi connectivity index (χ2v) is 41.2. The Morgan fingerprint density at radius 3 is 0.740 bits per heavy atom. The van der Waals surface area contributed by atoms with Crippen LogP contribution in [0.25, 0.3) is 251 Å². The highest BCUT2D eigenvalue weighted by atomic mass is 15.1. The van der Waals surface area contributed by atoms with Gasteiger partial charge in [-0.2, -0.15) is 0 Å². The molecule has 0 saturated carbocycles. The van der Waals surface area contributed by atoms with Crippen molar-refractivity contribution in [3.05, 3.63) is 507 Å². The molecule has 12 heteroatoms. The Kier molecular flexibility index (Phi) is 20.7. The van der Waals surface area contributed by atoms with Crippen molar-refractivity contribution in [1.82, 2.24) is 58.6 Å². The minimum absolute atomic E-state index is 0.0683. The molecule has 0 radical (unpaired) electrons. The fraction of sp³-hybridized carbons (Fsp3) is 0.0652. The first-order valence-electron chi connectivity index (χ1n) is 51.4. The molecule has 27 aromatic rings. The average molecular weight is 1920 g/mol. The second-order valence-electron chi connectivity index (χ2n) is 41.2. The van der Waals surface area contributed by atoms with Crippen molar-refractivity contribution in [2.75, 3.05) is 0 Å². The van der Waals surface area contributed by atoms with Crippen LogP contribution in [0.3, 0.4) is 0 Å². The molecule has 150 heavy (non-hydrogen) atoms. The van der Waals surface area contributed by atoms with E-state index >= 15 is 0 Å². The van der Waals surface area contributed by atoms with Gasteiger partial charge in [0.15, 0.2) is 52.4 Å². The highest BCUT2D eigenvalue weighted by Crippen LogP contribution is 2.56. The maximum atomic E-state index is 5.11. The molecule has 0 aliphatic heterocycles. The van der Waals surface area contributed by atoms with Crippen molar-refractivity contribution >= 4 is 97.7 Å². The maximum Gasteiger partial charge on any atom is 0.164 e. The predicted molar refractivity (Wildman–Crippen MR) is 617 cm³/mol. The van der Waals surface area contributed by atoms with E-state index in [1.807, 2.05) is 66.7 Å². The van der Waals surface area contributed by atoms with Crippen molar-refractivity contribution in [2.24, 2.45) is 0 Å². The lowest BCUT2D eigenvalue weighted by Gasteiger charge is -2.21. The first-order valence-corrected chi connectivity index (χ1v) is 51.4. The van der Waals surface area contributed by atoms with Crippen molar-refractivity contribution in [3.63, 3.8) is 0 Å². The zero-order chi connectivity index (χ0) is 100. The van der Waals surface area contributed by atoms with Crippen LogP contribution in [0.4, 0.5) is 0 Å². The number of hydrogen-bond acceptors (Lipinski definition) is 9. The monoisotopic (exact) mass is 1920 g/mol. The van der Waals surface area contributed by atoms with Gasteiger partial charge in [-0.1, -0.05) is 393 Å². The second kappa shape index (κ2) is 35.1. The third kappa shape index (κ3) is 14.8. The van der Waals surface area contributed by atoms with E-state index in [0.717, 1.165) is 83.3 Å². The summed E-state index contributed by atoms with van der Waals surface area (Å²) in [6.07, 6.45) is 0. The largest absolute Gasteiger partial charge is 0.309 e. The number of rotatable bonds is 12. The Bertz CT molecular complexity index is 10200. The standard InChI is InChI=1S/3C46H32N4/c1-46(2)39-21-10-8-19-35(39)37-28-42-38(27-40(37)46)36-20-9-11-22-41(36)50(42)34-18-12-17-32(26-34)44-47-43(30-14-4-3-5-15-30)48-45(49-44)33-24-23-29-13-6-7-16-31(29)25-33;1-46(2)39-21-10-8-19-35(39)37-27-38-36-20-9-11-22-41(36)50(42(38)28-40(37)46)34-18-12-17-32(26-34)44-47-43(30-14-4-3-5-15-30)48-45(49-44)33-24-23-29-13-6-7-16-31(29)25-33;1-46(2)39-18-10-8-16-35(39)37-27-38-36-17-9-11-19-41(36)50(42(38)28-40(37)46)34-24-22-31(23-25-34)44-47-43(30-13-4-3-5-14-30)48-45(49-44)33-21-20-29-12-6-7-15-32(29)26-33/h3*3-28H,1-2H3. The number of benzene rings is 21. The molecule has 0 bridgehead atoms. The molecule has 0 atom stereocenters. The van der Waals surface area contributed by atoms with Crippen LogP contribution < -0.4 is 0 Å². The van der Waals surface area contributed by atoms with E-state index in [0.29, 0.717) is 52.4 Å². The van der Waals surface area contributed by atoms with Gasteiger partial charge in [-0.3, -0.25) is 0 Å². The molecule has 12 nitrogen and oxygen atoms in total. The van der Waals surface area contributed by atoms with Gasteiger partial charge in [-0.05, 0) is 220 Å². The third-order valence-electron chi connectivity index (χ3n) is 31.3. The molecule has 21 aromatic carbocycles. The van der Waals surface area contributed by atoms with Gasteiger partial charge in [-0.15, -0.1) is 0 Å². The molecule has 0 N–H and O–H groups in total. The molecule has 0 unspecified atom stereocenters. The maximum absolute atomic E-state index is 5.11. The van der Waals surface area contributed by atoms with Crippen LogP contribution in [-0.4, -0.2) is 58.6 Å². The summed E-state index contributed by atoms with van der Waals surface area (Å²) in [6.45, 7) is 14.1. The number of fused-ring (bicyclic) bond motifs is 21. The Labute approximate surface area is 867 Å². The molecule has 0 saturated heterocycles. The Morgan fingerprint density at radius 2 is 0.387 bits per heavy atom. The zero-order valence-electron chi connectivity index (χ0n) is 83.4. The van der Waals surface area contributed by atoms with Gasteiger partial charge in [0.05, 0.1) is 33.1 Å². The van der Waals surface area contributed by atoms with E-state index in [4.69, 9.17) is 44.9 Å². The van der Waals surface area contributed by atoms with E-state index in [1.165, 1.54) is 148 Å². The van der Waals surface area contributed by atoms with E-state index in [9.17, 15) is 0 Å². The lowest BCUT2D eigenvalue weighted by Crippen LogP contribution is -2.15. The fourth-order valence-electron chi connectivity index (χ4n) is 23.7. The van der Waals surface area contributed by atoms with Gasteiger partial charge in [0.25, 0.3) is 0 Å². The summed E-state index contributed by atoms with van der Waals surface area (Å²) < 4.78 is 7.19. The van der Waals surface area contributed by atoms with Gasteiger partial charge in [0.2, 0.25) is 0 Å². The first kappa shape index (κ1) is 88.5. The predicted octanol–water partition coefficient (Wildman–Crippen LogP) is 34.3. The van der Waals surface area contributed by atoms with Crippen LogP contribution in [0.1, 0.15) is 74.9 Å². The van der Waals surface area contributed by atoms with Gasteiger partial charge in [-0.25, -0.2) is 44.9 Å². The Balaban J connectivity index is 0.000000108. The van der Waals surface area contributed by atoms with Crippen molar-refractivity contribution < 1.29 is 0 Å². The summed E-state index contributed by atoms with van der Waals surface area (Å²) >= 11 is 0. The molecular formula is C138H96N12. The molecule has 0 spiro atoms. The van der Waals surface area contributed by atoms with Crippen LogP contribution >= 0.6 is 0 Å². The van der Waals surface area contributed by atoms with E-state index < -0.39 is 0 Å². The van der Waals surface area contributed by atoms with Crippen LogP contribution in [0, 0.1) is 0 Å². The summed E-state index contributed by atoms with van der Waals surface area (Å²) in [7, 11) is 0. The molecule has 6 aromatic heterocycles. The van der Waals surface area contributed by atoms with Crippen molar-refractivity contribution in [3.8, 4) is 153 Å². The molecule has 0 amide bonds. The summed E-state index contributed by atoms with van der Waals surface area (Å²) in [4.78, 5) is 45.4. The lowest BCUT2D eigenvalue weighted by molar-refractivity contribution is 0.661. The minimum atomic E-state index is -0.0961. The van der Waals surface area contributed by atoms with Crippen molar-refractivity contribution in [1.29, 1.82) is 0 Å². The molecular weight excluding hydrogens is 1830 g/mol. The summed E-state index contributed by atoms with van der Waals surface area (Å²) in [5, 5.41) is 14.5. The topological polar surface area (TPSA) is 131 Å². The quantitative estimate of drug-likeness (QED) is 0.117. The highest BCUT2D eigenvalue weighted by Gasteiger charge is 2.40. The van der Waals surface area contributed by atoms with Gasteiger partial charge >= 0.3 is 0 Å². The van der Waals surface area contributed by atoms with Crippen LogP contribution in [-0.2, 0) is 16.2 Å². The molecule has 3 aliphatic rings. The first-order chi connectivity index (χ1) is 73.6. The van der Waals surface area contributed by atoms with E-state index in [2.05, 4.69) is 462 Å². The smallest absolute Gasteiger partial charge is 0.164 e.